The van der Waals surface area contributed by atoms with Crippen LogP contribution < -0.4 is 5.32 Å². The summed E-state index contributed by atoms with van der Waals surface area (Å²) in [5.74, 6) is 0. The lowest BCUT2D eigenvalue weighted by Gasteiger charge is -2.00. The first-order valence-electron chi connectivity index (χ1n) is 3.13. The predicted octanol–water partition coefficient (Wildman–Crippen LogP) is 2.13. The highest BCUT2D eigenvalue weighted by Crippen LogP contribution is 2.21. The quantitative estimate of drug-likeness (QED) is 0.674. The summed E-state index contributed by atoms with van der Waals surface area (Å²) in [6.45, 7) is 1.93. The second-order valence-corrected chi connectivity index (χ2v) is 2.62. The van der Waals surface area contributed by atoms with Gasteiger partial charge in [0.1, 0.15) is 0 Å². The van der Waals surface area contributed by atoms with Gasteiger partial charge in [0, 0.05) is 0 Å². The van der Waals surface area contributed by atoms with E-state index in [0.29, 0.717) is 10.7 Å². The van der Waals surface area contributed by atoms with Gasteiger partial charge in [-0.3, -0.25) is 4.79 Å². The Bertz CT molecular complexity index is 273. The average Bonchev–Trinajstić information content (AvgIpc) is 1.95. The lowest BCUT2D eigenvalue weighted by atomic mass is 10.2. The average molecular weight is 169 g/mol. The van der Waals surface area contributed by atoms with Crippen molar-refractivity contribution in [2.24, 2.45) is 0 Å². The minimum atomic E-state index is 0.536. The molecule has 0 saturated carbocycles. The van der Waals surface area contributed by atoms with Gasteiger partial charge in [0.05, 0.1) is 10.7 Å². The number of nitrogens with one attached hydrogen (secondary N) is 1. The molecule has 0 atom stereocenters. The minimum Gasteiger partial charge on any atom is -0.316 e. The van der Waals surface area contributed by atoms with Gasteiger partial charge in [-0.15, -0.1) is 0 Å². The maximum absolute atomic E-state index is 9.92. The first-order chi connectivity index (χ1) is 5.24. The zero-order chi connectivity index (χ0) is 8.27. The lowest BCUT2D eigenvalue weighted by molar-refractivity contribution is 0.561. The molecule has 1 aromatic rings. The van der Waals surface area contributed by atoms with Crippen molar-refractivity contribution in [1.29, 1.82) is 0 Å². The second kappa shape index (κ2) is 3.39. The second-order valence-electron chi connectivity index (χ2n) is 2.21. The number of amides is 1. The van der Waals surface area contributed by atoms with Crippen molar-refractivity contribution < 1.29 is 4.79 Å². The van der Waals surface area contributed by atoms with Crippen molar-refractivity contribution in [2.75, 3.05) is 5.32 Å². The van der Waals surface area contributed by atoms with Crippen molar-refractivity contribution >= 4 is 23.7 Å². The standard InChI is InChI=1S/C8H7ClNO/c1-6-2-3-8(10-5-11)7(9)4-6/h2-4H,1H3,(H,10,11). The van der Waals surface area contributed by atoms with Gasteiger partial charge in [-0.1, -0.05) is 17.7 Å². The molecular formula is C8H7ClNO. The first kappa shape index (κ1) is 8.08. The van der Waals surface area contributed by atoms with E-state index in [4.69, 9.17) is 11.6 Å². The van der Waals surface area contributed by atoms with Crippen LogP contribution in [0.1, 0.15) is 5.56 Å². The van der Waals surface area contributed by atoms with Crippen LogP contribution in [0.15, 0.2) is 18.2 Å². The summed E-state index contributed by atoms with van der Waals surface area (Å²) in [6, 6.07) is 5.38. The fourth-order valence-electron chi connectivity index (χ4n) is 0.776. The molecule has 0 spiro atoms. The molecule has 0 unspecified atom stereocenters. The van der Waals surface area contributed by atoms with Gasteiger partial charge in [0.15, 0.2) is 0 Å². The summed E-state index contributed by atoms with van der Waals surface area (Å²) in [5.41, 5.74) is 1.65. The topological polar surface area (TPSA) is 29.1 Å². The van der Waals surface area contributed by atoms with E-state index in [9.17, 15) is 4.79 Å². The van der Waals surface area contributed by atoms with Crippen LogP contribution in [0.5, 0.6) is 0 Å². The molecule has 0 aliphatic heterocycles. The molecule has 0 heterocycles. The van der Waals surface area contributed by atoms with E-state index in [-0.39, 0.29) is 0 Å². The molecule has 0 aromatic heterocycles. The fraction of sp³-hybridized carbons (Fsp3) is 0.125. The third kappa shape index (κ3) is 1.95. The Morgan fingerprint density at radius 3 is 2.82 bits per heavy atom. The Morgan fingerprint density at radius 2 is 2.27 bits per heavy atom. The van der Waals surface area contributed by atoms with Crippen LogP contribution in [0, 0.1) is 6.92 Å². The number of halogens is 1. The number of hydrogen-bond acceptors (Lipinski definition) is 1. The monoisotopic (exact) mass is 168 g/mol. The summed E-state index contributed by atoms with van der Waals surface area (Å²) in [6.07, 6.45) is 1.56. The summed E-state index contributed by atoms with van der Waals surface area (Å²) < 4.78 is 0. The van der Waals surface area contributed by atoms with Crippen molar-refractivity contribution in [3.05, 3.63) is 28.8 Å². The van der Waals surface area contributed by atoms with E-state index in [2.05, 4.69) is 5.32 Å². The maximum Gasteiger partial charge on any atom is 0.314 e. The Balaban J connectivity index is 2.98. The molecule has 0 fully saturated rings. The van der Waals surface area contributed by atoms with Crippen molar-refractivity contribution in [1.82, 2.24) is 0 Å². The van der Waals surface area contributed by atoms with Gasteiger partial charge < -0.3 is 5.32 Å². The molecule has 11 heavy (non-hydrogen) atoms. The Labute approximate surface area is 70.2 Å². The molecule has 1 amide bonds. The smallest absolute Gasteiger partial charge is 0.314 e. The number of hydrogen-bond donors (Lipinski definition) is 1. The van der Waals surface area contributed by atoms with E-state index in [0.717, 1.165) is 5.56 Å². The van der Waals surface area contributed by atoms with Crippen LogP contribution in [0.3, 0.4) is 0 Å². The molecule has 1 aromatic carbocycles. The normalized spacial score (nSPS) is 9.27. The zero-order valence-corrected chi connectivity index (χ0v) is 6.77. The van der Waals surface area contributed by atoms with Crippen LogP contribution in [-0.2, 0) is 4.79 Å². The highest BCUT2D eigenvalue weighted by atomic mass is 35.5. The Morgan fingerprint density at radius 1 is 1.55 bits per heavy atom. The molecule has 1 rings (SSSR count). The molecule has 1 radical (unpaired) electrons. The van der Waals surface area contributed by atoms with Crippen molar-refractivity contribution in [3.8, 4) is 0 Å². The van der Waals surface area contributed by atoms with Crippen LogP contribution >= 0.6 is 11.6 Å². The van der Waals surface area contributed by atoms with Gasteiger partial charge >= 0.3 is 6.41 Å². The number of rotatable bonds is 2. The largest absolute Gasteiger partial charge is 0.316 e. The molecule has 2 nitrogen and oxygen atoms in total. The number of anilines is 1. The highest BCUT2D eigenvalue weighted by molar-refractivity contribution is 6.33. The van der Waals surface area contributed by atoms with E-state index in [1.54, 1.807) is 18.5 Å². The first-order valence-corrected chi connectivity index (χ1v) is 3.51. The third-order valence-corrected chi connectivity index (χ3v) is 1.62. The molecule has 0 aliphatic rings. The van der Waals surface area contributed by atoms with Gasteiger partial charge in [0.2, 0.25) is 0 Å². The van der Waals surface area contributed by atoms with E-state index in [1.165, 1.54) is 0 Å². The summed E-state index contributed by atoms with van der Waals surface area (Å²) >= 11 is 5.77. The third-order valence-electron chi connectivity index (χ3n) is 1.31. The van der Waals surface area contributed by atoms with Crippen LogP contribution in [0.4, 0.5) is 5.69 Å². The van der Waals surface area contributed by atoms with Crippen LogP contribution in [-0.4, -0.2) is 6.41 Å². The lowest BCUT2D eigenvalue weighted by Crippen LogP contribution is -1.93. The number of benzene rings is 1. The summed E-state index contributed by atoms with van der Waals surface area (Å²) in [5, 5.41) is 2.90. The fourth-order valence-corrected chi connectivity index (χ4v) is 1.06. The Hall–Kier alpha value is -1.02. The maximum atomic E-state index is 9.92. The Kier molecular flexibility index (Phi) is 2.49. The van der Waals surface area contributed by atoms with Crippen LogP contribution in [0.2, 0.25) is 5.02 Å². The van der Waals surface area contributed by atoms with Gasteiger partial charge in [-0.2, -0.15) is 0 Å². The van der Waals surface area contributed by atoms with Crippen molar-refractivity contribution in [2.45, 2.75) is 6.92 Å². The molecule has 57 valence electrons. The molecule has 1 N–H and O–H groups in total. The summed E-state index contributed by atoms with van der Waals surface area (Å²) in [4.78, 5) is 9.92. The molecule has 0 bridgehead atoms. The molecule has 0 aliphatic carbocycles. The summed E-state index contributed by atoms with van der Waals surface area (Å²) in [7, 11) is 0. The predicted molar refractivity (Wildman–Crippen MR) is 45.5 cm³/mol. The number of aryl methyl sites for hydroxylation is 1. The van der Waals surface area contributed by atoms with Gasteiger partial charge in [-0.05, 0) is 24.6 Å². The molecule has 0 saturated heterocycles. The zero-order valence-electron chi connectivity index (χ0n) is 6.02. The van der Waals surface area contributed by atoms with E-state index < -0.39 is 0 Å². The van der Waals surface area contributed by atoms with E-state index >= 15 is 0 Å². The van der Waals surface area contributed by atoms with Gasteiger partial charge in [-0.25, -0.2) is 0 Å². The minimum absolute atomic E-state index is 0.536. The SMILES string of the molecule is Cc1ccc(N[C]=O)c(Cl)c1. The van der Waals surface area contributed by atoms with Crippen molar-refractivity contribution in [3.63, 3.8) is 0 Å². The van der Waals surface area contributed by atoms with Gasteiger partial charge in [0.25, 0.3) is 0 Å². The van der Waals surface area contributed by atoms with E-state index in [1.807, 2.05) is 13.0 Å². The molecule has 3 heteroatoms. The number of carbonyl (C=O) groups excluding carboxylic acids is 1. The molecular weight excluding hydrogens is 162 g/mol. The highest BCUT2D eigenvalue weighted by Gasteiger charge is 1.97. The van der Waals surface area contributed by atoms with Crippen LogP contribution in [0.25, 0.3) is 0 Å².